The van der Waals surface area contributed by atoms with Crippen LogP contribution in [-0.4, -0.2) is 10.9 Å². The number of aromatic amines is 1. The molecule has 6 heteroatoms. The number of fused-ring (bicyclic) bond motifs is 1. The van der Waals surface area contributed by atoms with E-state index in [9.17, 15) is 9.18 Å². The van der Waals surface area contributed by atoms with Gasteiger partial charge in [-0.1, -0.05) is 29.3 Å². The van der Waals surface area contributed by atoms with Gasteiger partial charge in [0.2, 0.25) is 0 Å². The number of benzene rings is 2. The highest BCUT2D eigenvalue weighted by molar-refractivity contribution is 6.36. The van der Waals surface area contributed by atoms with Crippen molar-refractivity contribution in [1.82, 2.24) is 4.98 Å². The van der Waals surface area contributed by atoms with E-state index in [0.29, 0.717) is 37.6 Å². The Morgan fingerprint density at radius 2 is 1.91 bits per heavy atom. The number of primary amides is 1. The highest BCUT2D eigenvalue weighted by Gasteiger charge is 2.17. The number of carbonyl (C=O) groups excluding carboxylic acids is 1. The Morgan fingerprint density at radius 1 is 1.18 bits per heavy atom. The summed E-state index contributed by atoms with van der Waals surface area (Å²) in [6.45, 7) is 1.71. The molecule has 1 aromatic heterocycles. The van der Waals surface area contributed by atoms with Crippen LogP contribution in [-0.2, 0) is 0 Å². The zero-order valence-corrected chi connectivity index (χ0v) is 13.0. The van der Waals surface area contributed by atoms with Gasteiger partial charge in [0, 0.05) is 26.6 Å². The number of hydrogen-bond donors (Lipinski definition) is 2. The molecule has 3 nitrogen and oxygen atoms in total. The maximum Gasteiger partial charge on any atom is 0.265 e. The van der Waals surface area contributed by atoms with Crippen molar-refractivity contribution in [3.05, 3.63) is 57.5 Å². The lowest BCUT2D eigenvalue weighted by molar-refractivity contribution is 0.0996. The van der Waals surface area contributed by atoms with Crippen molar-refractivity contribution in [2.75, 3.05) is 0 Å². The normalized spacial score (nSPS) is 11.1. The largest absolute Gasteiger partial charge is 0.364 e. The number of H-pyrrole nitrogens is 1. The molecule has 1 heterocycles. The number of carbonyl (C=O) groups is 1. The van der Waals surface area contributed by atoms with Crippen molar-refractivity contribution in [2.24, 2.45) is 5.73 Å². The molecule has 0 aliphatic rings. The first-order valence-electron chi connectivity index (χ1n) is 6.45. The number of nitrogens with one attached hydrogen (secondary N) is 1. The van der Waals surface area contributed by atoms with Gasteiger partial charge < -0.3 is 10.7 Å². The zero-order valence-electron chi connectivity index (χ0n) is 11.5. The third-order valence-corrected chi connectivity index (χ3v) is 4.15. The number of halogens is 3. The Balaban J connectivity index is 2.38. The molecule has 3 N–H and O–H groups in total. The van der Waals surface area contributed by atoms with Gasteiger partial charge in [0.25, 0.3) is 5.91 Å². The van der Waals surface area contributed by atoms with Crippen molar-refractivity contribution in [1.29, 1.82) is 0 Å². The molecule has 3 aromatic rings. The molecule has 0 fully saturated rings. The van der Waals surface area contributed by atoms with E-state index in [1.165, 1.54) is 12.1 Å². The van der Waals surface area contributed by atoms with E-state index < -0.39 is 11.7 Å². The number of rotatable bonds is 2. The lowest BCUT2D eigenvalue weighted by atomic mass is 10.0. The van der Waals surface area contributed by atoms with E-state index in [1.54, 1.807) is 25.1 Å². The summed E-state index contributed by atoms with van der Waals surface area (Å²) in [6.07, 6.45) is 0. The lowest BCUT2D eigenvalue weighted by Crippen LogP contribution is -2.12. The Hall–Kier alpha value is -2.04. The van der Waals surface area contributed by atoms with E-state index in [2.05, 4.69) is 4.98 Å². The number of aromatic nitrogens is 1. The van der Waals surface area contributed by atoms with E-state index in [4.69, 9.17) is 28.9 Å². The van der Waals surface area contributed by atoms with E-state index >= 15 is 0 Å². The Morgan fingerprint density at radius 3 is 2.55 bits per heavy atom. The molecule has 22 heavy (non-hydrogen) atoms. The van der Waals surface area contributed by atoms with Gasteiger partial charge in [-0.3, -0.25) is 4.79 Å². The van der Waals surface area contributed by atoms with Crippen LogP contribution in [0.5, 0.6) is 0 Å². The third kappa shape index (κ3) is 2.34. The molecule has 3 rings (SSSR count). The molecule has 0 unspecified atom stereocenters. The number of amides is 1. The average molecular weight is 337 g/mol. The van der Waals surface area contributed by atoms with Crippen molar-refractivity contribution in [3.63, 3.8) is 0 Å². The van der Waals surface area contributed by atoms with Crippen LogP contribution in [0.1, 0.15) is 16.1 Å². The Bertz CT molecular complexity index is 918. The van der Waals surface area contributed by atoms with Gasteiger partial charge in [-0.15, -0.1) is 0 Å². The average Bonchev–Trinajstić information content (AvgIpc) is 2.76. The number of nitrogens with two attached hydrogens (primary N) is 1. The van der Waals surface area contributed by atoms with Gasteiger partial charge in [0.15, 0.2) is 0 Å². The van der Waals surface area contributed by atoms with Gasteiger partial charge in [0.05, 0.1) is 5.52 Å². The van der Waals surface area contributed by atoms with Gasteiger partial charge in [0.1, 0.15) is 11.5 Å². The summed E-state index contributed by atoms with van der Waals surface area (Å²) in [5.41, 5.74) is 7.98. The highest BCUT2D eigenvalue weighted by Crippen LogP contribution is 2.37. The minimum absolute atomic E-state index is 0.256. The monoisotopic (exact) mass is 336 g/mol. The molecule has 0 bridgehead atoms. The van der Waals surface area contributed by atoms with E-state index in [0.717, 1.165) is 0 Å². The van der Waals surface area contributed by atoms with Crippen molar-refractivity contribution in [2.45, 2.75) is 6.92 Å². The number of aryl methyl sites for hydroxylation is 1. The standard InChI is InChI=1S/C16H11Cl2FN2O/c1-7-11-5-9(19)6-12(15(11)21-14(7)16(20)22)10-3-2-8(17)4-13(10)18/h2-6,21H,1H3,(H2,20,22). The second-order valence-electron chi connectivity index (χ2n) is 4.99. The molecular weight excluding hydrogens is 326 g/mol. The van der Waals surface area contributed by atoms with Crippen molar-refractivity contribution >= 4 is 40.0 Å². The minimum Gasteiger partial charge on any atom is -0.364 e. The van der Waals surface area contributed by atoms with Crippen LogP contribution >= 0.6 is 23.2 Å². The van der Waals surface area contributed by atoms with Crippen LogP contribution < -0.4 is 5.73 Å². The molecule has 0 spiro atoms. The number of hydrogen-bond acceptors (Lipinski definition) is 1. The summed E-state index contributed by atoms with van der Waals surface area (Å²) < 4.78 is 14.0. The SMILES string of the molecule is Cc1c(C(N)=O)[nH]c2c(-c3ccc(Cl)cc3Cl)cc(F)cc12. The van der Waals surface area contributed by atoms with Gasteiger partial charge >= 0.3 is 0 Å². The fourth-order valence-electron chi connectivity index (χ4n) is 2.56. The summed E-state index contributed by atoms with van der Waals surface area (Å²) in [5.74, 6) is -1.02. The van der Waals surface area contributed by atoms with E-state index in [-0.39, 0.29) is 5.69 Å². The molecule has 2 aromatic carbocycles. The van der Waals surface area contributed by atoms with Gasteiger partial charge in [-0.05, 0) is 36.8 Å². The molecule has 1 amide bonds. The fourth-order valence-corrected chi connectivity index (χ4v) is 3.07. The first-order valence-corrected chi connectivity index (χ1v) is 7.21. The van der Waals surface area contributed by atoms with E-state index in [1.807, 2.05) is 0 Å². The Labute approximate surface area is 135 Å². The van der Waals surface area contributed by atoms with Crippen LogP contribution in [0.2, 0.25) is 10.0 Å². The third-order valence-electron chi connectivity index (χ3n) is 3.60. The molecule has 0 aliphatic heterocycles. The minimum atomic E-state index is -0.595. The zero-order chi connectivity index (χ0) is 16.0. The highest BCUT2D eigenvalue weighted by atomic mass is 35.5. The predicted molar refractivity (Wildman–Crippen MR) is 87.0 cm³/mol. The van der Waals surface area contributed by atoms with Crippen molar-refractivity contribution in [3.8, 4) is 11.1 Å². The van der Waals surface area contributed by atoms with Crippen LogP contribution in [0.15, 0.2) is 30.3 Å². The molecule has 0 aliphatic carbocycles. The smallest absolute Gasteiger partial charge is 0.265 e. The summed E-state index contributed by atoms with van der Waals surface area (Å²) in [7, 11) is 0. The Kier molecular flexibility index (Phi) is 3.59. The van der Waals surface area contributed by atoms with Gasteiger partial charge in [-0.2, -0.15) is 0 Å². The first kappa shape index (κ1) is 14.9. The summed E-state index contributed by atoms with van der Waals surface area (Å²) in [6, 6.07) is 7.68. The van der Waals surface area contributed by atoms with Gasteiger partial charge in [-0.25, -0.2) is 4.39 Å². The summed E-state index contributed by atoms with van der Waals surface area (Å²) in [4.78, 5) is 14.5. The van der Waals surface area contributed by atoms with Crippen LogP contribution in [0.3, 0.4) is 0 Å². The fraction of sp³-hybridized carbons (Fsp3) is 0.0625. The molecular formula is C16H11Cl2FN2O. The van der Waals surface area contributed by atoms with Crippen LogP contribution in [0.4, 0.5) is 4.39 Å². The molecule has 0 radical (unpaired) electrons. The van der Waals surface area contributed by atoms with Crippen LogP contribution in [0, 0.1) is 12.7 Å². The molecule has 0 saturated carbocycles. The lowest BCUT2D eigenvalue weighted by Gasteiger charge is -2.07. The van der Waals surface area contributed by atoms with Crippen LogP contribution in [0.25, 0.3) is 22.0 Å². The summed E-state index contributed by atoms with van der Waals surface area (Å²) in [5, 5.41) is 1.48. The maximum atomic E-state index is 14.0. The first-order chi connectivity index (χ1) is 10.4. The predicted octanol–water partition coefficient (Wildman–Crippen LogP) is 4.69. The second-order valence-corrected chi connectivity index (χ2v) is 5.83. The van der Waals surface area contributed by atoms with Crippen molar-refractivity contribution < 1.29 is 9.18 Å². The molecule has 0 atom stereocenters. The maximum absolute atomic E-state index is 14.0. The second kappa shape index (κ2) is 5.30. The molecule has 0 saturated heterocycles. The summed E-state index contributed by atoms with van der Waals surface area (Å²) >= 11 is 12.1. The molecule has 112 valence electrons. The quantitative estimate of drug-likeness (QED) is 0.700. The topological polar surface area (TPSA) is 58.9 Å².